The smallest absolute Gasteiger partial charge is 0.331 e. The third-order valence-electron chi connectivity index (χ3n) is 2.95. The van der Waals surface area contributed by atoms with Crippen LogP contribution in [0.15, 0.2) is 9.59 Å². The fourth-order valence-electron chi connectivity index (χ4n) is 1.74. The Labute approximate surface area is 100 Å². The summed E-state index contributed by atoms with van der Waals surface area (Å²) < 4.78 is 1.25. The van der Waals surface area contributed by atoms with Crippen LogP contribution in [0, 0.1) is 12.8 Å². The van der Waals surface area contributed by atoms with Gasteiger partial charge in [-0.2, -0.15) is 0 Å². The third-order valence-corrected chi connectivity index (χ3v) is 2.95. The SMILES string of the molecule is Cc1c(O)n(C(C)CCC(C)C)c(=O)[nH]c1=O. The molecule has 1 aromatic rings. The molecule has 0 saturated heterocycles. The largest absolute Gasteiger partial charge is 0.494 e. The molecule has 0 aliphatic heterocycles. The topological polar surface area (TPSA) is 75.1 Å². The molecule has 0 fully saturated rings. The third kappa shape index (κ3) is 2.99. The molecule has 0 bridgehead atoms. The van der Waals surface area contributed by atoms with E-state index in [0.29, 0.717) is 5.92 Å². The maximum Gasteiger partial charge on any atom is 0.331 e. The summed E-state index contributed by atoms with van der Waals surface area (Å²) in [4.78, 5) is 25.1. The molecule has 0 aliphatic carbocycles. The van der Waals surface area contributed by atoms with E-state index < -0.39 is 11.2 Å². The van der Waals surface area contributed by atoms with Crippen molar-refractivity contribution in [2.75, 3.05) is 0 Å². The van der Waals surface area contributed by atoms with Gasteiger partial charge in [0.25, 0.3) is 5.56 Å². The zero-order valence-electron chi connectivity index (χ0n) is 10.8. The van der Waals surface area contributed by atoms with Crippen LogP contribution in [0.4, 0.5) is 0 Å². The Morgan fingerprint density at radius 2 is 1.82 bits per heavy atom. The van der Waals surface area contributed by atoms with E-state index >= 15 is 0 Å². The lowest BCUT2D eigenvalue weighted by atomic mass is 10.0. The van der Waals surface area contributed by atoms with Gasteiger partial charge in [-0.3, -0.25) is 14.3 Å². The molecule has 2 N–H and O–H groups in total. The molecule has 1 rings (SSSR count). The molecule has 5 heteroatoms. The summed E-state index contributed by atoms with van der Waals surface area (Å²) in [5.74, 6) is 0.314. The first kappa shape index (κ1) is 13.5. The summed E-state index contributed by atoms with van der Waals surface area (Å²) in [5, 5.41) is 9.84. The number of nitrogens with one attached hydrogen (secondary N) is 1. The van der Waals surface area contributed by atoms with Gasteiger partial charge < -0.3 is 5.11 Å². The van der Waals surface area contributed by atoms with Crippen LogP contribution in [-0.2, 0) is 0 Å². The number of aromatic amines is 1. The fraction of sp³-hybridized carbons (Fsp3) is 0.667. The van der Waals surface area contributed by atoms with Crippen LogP contribution in [0.5, 0.6) is 5.88 Å². The van der Waals surface area contributed by atoms with Crippen molar-refractivity contribution in [3.05, 3.63) is 26.4 Å². The van der Waals surface area contributed by atoms with E-state index in [-0.39, 0.29) is 17.5 Å². The molecule has 0 amide bonds. The Hall–Kier alpha value is -1.52. The highest BCUT2D eigenvalue weighted by atomic mass is 16.3. The molecular formula is C12H20N2O3. The number of rotatable bonds is 4. The highest BCUT2D eigenvalue weighted by Crippen LogP contribution is 2.20. The molecule has 0 aromatic carbocycles. The molecule has 17 heavy (non-hydrogen) atoms. The zero-order chi connectivity index (χ0) is 13.2. The number of hydrogen-bond acceptors (Lipinski definition) is 3. The number of nitrogens with zero attached hydrogens (tertiary/aromatic N) is 1. The summed E-state index contributed by atoms with van der Waals surface area (Å²) in [7, 11) is 0. The first-order valence-corrected chi connectivity index (χ1v) is 5.89. The summed E-state index contributed by atoms with van der Waals surface area (Å²) >= 11 is 0. The molecule has 1 heterocycles. The number of aromatic nitrogens is 2. The van der Waals surface area contributed by atoms with Crippen molar-refractivity contribution in [1.29, 1.82) is 0 Å². The number of H-pyrrole nitrogens is 1. The van der Waals surface area contributed by atoms with Crippen LogP contribution in [-0.4, -0.2) is 14.7 Å². The van der Waals surface area contributed by atoms with Crippen molar-refractivity contribution >= 4 is 0 Å². The van der Waals surface area contributed by atoms with Gasteiger partial charge >= 0.3 is 5.69 Å². The van der Waals surface area contributed by atoms with Crippen molar-refractivity contribution in [3.63, 3.8) is 0 Å². The Morgan fingerprint density at radius 3 is 2.35 bits per heavy atom. The highest BCUT2D eigenvalue weighted by Gasteiger charge is 2.15. The van der Waals surface area contributed by atoms with Gasteiger partial charge in [0.2, 0.25) is 5.88 Å². The molecule has 96 valence electrons. The van der Waals surface area contributed by atoms with Gasteiger partial charge in [0.1, 0.15) is 0 Å². The predicted molar refractivity (Wildman–Crippen MR) is 66.5 cm³/mol. The Morgan fingerprint density at radius 1 is 1.24 bits per heavy atom. The lowest BCUT2D eigenvalue weighted by molar-refractivity contribution is 0.345. The second kappa shape index (κ2) is 5.21. The lowest BCUT2D eigenvalue weighted by Crippen LogP contribution is -2.33. The quantitative estimate of drug-likeness (QED) is 0.838. The van der Waals surface area contributed by atoms with E-state index in [4.69, 9.17) is 0 Å². The summed E-state index contributed by atoms with van der Waals surface area (Å²) in [6, 6.07) is -0.125. The predicted octanol–water partition coefficient (Wildman–Crippen LogP) is 1.55. The molecule has 0 saturated carbocycles. The van der Waals surface area contributed by atoms with Crippen LogP contribution < -0.4 is 11.2 Å². The number of hydrogen-bond donors (Lipinski definition) is 2. The van der Waals surface area contributed by atoms with Crippen molar-refractivity contribution < 1.29 is 5.11 Å². The maximum absolute atomic E-state index is 11.6. The van der Waals surface area contributed by atoms with Crippen LogP contribution in [0.2, 0.25) is 0 Å². The van der Waals surface area contributed by atoms with Gasteiger partial charge in [-0.15, -0.1) is 0 Å². The molecule has 0 radical (unpaired) electrons. The standard InChI is InChI=1S/C12H20N2O3/c1-7(2)5-6-8(3)14-11(16)9(4)10(15)13-12(14)17/h7-8,16H,5-6H2,1-4H3,(H,13,15,17). The summed E-state index contributed by atoms with van der Waals surface area (Å²) in [6.07, 6.45) is 1.75. The highest BCUT2D eigenvalue weighted by molar-refractivity contribution is 5.20. The van der Waals surface area contributed by atoms with Gasteiger partial charge in [0.05, 0.1) is 5.56 Å². The van der Waals surface area contributed by atoms with E-state index in [1.165, 1.54) is 11.5 Å². The lowest BCUT2D eigenvalue weighted by Gasteiger charge is -2.17. The summed E-state index contributed by atoms with van der Waals surface area (Å²) in [6.45, 7) is 7.57. The van der Waals surface area contributed by atoms with Crippen molar-refractivity contribution in [2.24, 2.45) is 5.92 Å². The normalized spacial score (nSPS) is 13.0. The minimum atomic E-state index is -0.547. The Kier molecular flexibility index (Phi) is 4.15. The van der Waals surface area contributed by atoms with Gasteiger partial charge in [-0.25, -0.2) is 4.79 Å². The Balaban J connectivity index is 3.10. The van der Waals surface area contributed by atoms with Gasteiger partial charge in [-0.1, -0.05) is 13.8 Å². The van der Waals surface area contributed by atoms with E-state index in [9.17, 15) is 14.7 Å². The minimum Gasteiger partial charge on any atom is -0.494 e. The van der Waals surface area contributed by atoms with Crippen molar-refractivity contribution in [2.45, 2.75) is 46.6 Å². The molecule has 1 unspecified atom stereocenters. The molecule has 5 nitrogen and oxygen atoms in total. The first-order valence-electron chi connectivity index (χ1n) is 5.89. The molecule has 0 spiro atoms. The monoisotopic (exact) mass is 240 g/mol. The van der Waals surface area contributed by atoms with Gasteiger partial charge in [0, 0.05) is 6.04 Å². The number of aromatic hydroxyl groups is 1. The molecule has 1 aromatic heterocycles. The van der Waals surface area contributed by atoms with E-state index in [1.807, 2.05) is 6.92 Å². The fourth-order valence-corrected chi connectivity index (χ4v) is 1.74. The minimum absolute atomic E-state index is 0.125. The van der Waals surface area contributed by atoms with Gasteiger partial charge in [-0.05, 0) is 32.6 Å². The molecular weight excluding hydrogens is 220 g/mol. The Bertz CT molecular complexity index is 499. The van der Waals surface area contributed by atoms with Crippen molar-refractivity contribution in [3.8, 4) is 5.88 Å². The van der Waals surface area contributed by atoms with Gasteiger partial charge in [0.15, 0.2) is 0 Å². The molecule has 0 aliphatic rings. The maximum atomic E-state index is 11.6. The second-order valence-corrected chi connectivity index (χ2v) is 4.90. The van der Waals surface area contributed by atoms with Crippen LogP contribution >= 0.6 is 0 Å². The average Bonchev–Trinajstić information content (AvgIpc) is 2.23. The van der Waals surface area contributed by atoms with Crippen molar-refractivity contribution in [1.82, 2.24) is 9.55 Å². The zero-order valence-corrected chi connectivity index (χ0v) is 10.8. The van der Waals surface area contributed by atoms with E-state index in [1.54, 1.807) is 0 Å². The summed E-state index contributed by atoms with van der Waals surface area (Å²) in [5.41, 5.74) is -0.893. The van der Waals surface area contributed by atoms with Crippen LogP contribution in [0.1, 0.15) is 45.2 Å². The van der Waals surface area contributed by atoms with Crippen LogP contribution in [0.3, 0.4) is 0 Å². The van der Waals surface area contributed by atoms with E-state index in [0.717, 1.165) is 12.8 Å². The second-order valence-electron chi connectivity index (χ2n) is 4.90. The molecule has 1 atom stereocenters. The average molecular weight is 240 g/mol. The van der Waals surface area contributed by atoms with Crippen LogP contribution in [0.25, 0.3) is 0 Å². The van der Waals surface area contributed by atoms with E-state index in [2.05, 4.69) is 18.8 Å². The first-order chi connectivity index (χ1) is 7.84.